The summed E-state index contributed by atoms with van der Waals surface area (Å²) in [7, 11) is 0. The Balaban J connectivity index is 1.86. The average Bonchev–Trinajstić information content (AvgIpc) is 2.72. The van der Waals surface area contributed by atoms with E-state index >= 15 is 0 Å². The summed E-state index contributed by atoms with van der Waals surface area (Å²) in [5, 5.41) is 16.3. The fourth-order valence-electron chi connectivity index (χ4n) is 2.83. The molecule has 1 aliphatic heterocycles. The molecule has 1 unspecified atom stereocenters. The number of hydrogen-bond donors (Lipinski definition) is 2. The molecule has 0 radical (unpaired) electrons. The Labute approximate surface area is 128 Å². The van der Waals surface area contributed by atoms with E-state index in [0.29, 0.717) is 11.5 Å². The van der Waals surface area contributed by atoms with Gasteiger partial charge in [0.2, 0.25) is 0 Å². The lowest BCUT2D eigenvalue weighted by Gasteiger charge is -2.21. The number of carbonyl (C=O) groups excluding carboxylic acids is 1. The molecule has 0 saturated carbocycles. The number of nitrogens with one attached hydrogen (secondary N) is 2. The molecule has 1 fully saturated rings. The number of nitrogens with zero attached hydrogens (tertiary/aromatic N) is 1. The van der Waals surface area contributed by atoms with Crippen LogP contribution in [0.15, 0.2) is 11.1 Å². The van der Waals surface area contributed by atoms with Crippen molar-refractivity contribution in [3.63, 3.8) is 0 Å². The number of rotatable bonds is 2. The molecule has 2 aliphatic rings. The summed E-state index contributed by atoms with van der Waals surface area (Å²) in [4.78, 5) is 13.6. The van der Waals surface area contributed by atoms with Crippen molar-refractivity contribution in [2.75, 3.05) is 18.4 Å². The summed E-state index contributed by atoms with van der Waals surface area (Å²) < 4.78 is 0. The second-order valence-corrected chi connectivity index (χ2v) is 7.06. The monoisotopic (exact) mass is 301 g/mol. The molecule has 3 rings (SSSR count). The van der Waals surface area contributed by atoms with E-state index in [1.54, 1.807) is 11.3 Å². The summed E-state index contributed by atoms with van der Waals surface area (Å²) in [5.41, 5.74) is 3.77. The van der Waals surface area contributed by atoms with Crippen LogP contribution in [0, 0.1) is 17.2 Å². The molecular weight excluding hydrogens is 282 g/mol. The second-order valence-electron chi connectivity index (χ2n) is 5.95. The van der Waals surface area contributed by atoms with E-state index in [-0.39, 0.29) is 5.91 Å². The van der Waals surface area contributed by atoms with Crippen molar-refractivity contribution in [3.05, 3.63) is 27.2 Å². The third-order valence-electron chi connectivity index (χ3n) is 4.40. The summed E-state index contributed by atoms with van der Waals surface area (Å²) in [6.45, 7) is 5.68. The number of thiophene rings is 1. The molecule has 4 nitrogen and oxygen atoms in total. The molecule has 1 aromatic rings. The highest BCUT2D eigenvalue weighted by atomic mass is 32.1. The zero-order valence-electron chi connectivity index (χ0n) is 12.4. The van der Waals surface area contributed by atoms with E-state index in [9.17, 15) is 10.1 Å². The fraction of sp³-hybridized carbons (Fsp3) is 0.500. The quantitative estimate of drug-likeness (QED) is 0.825. The van der Waals surface area contributed by atoms with Crippen LogP contribution in [0.3, 0.4) is 0 Å². The van der Waals surface area contributed by atoms with Crippen LogP contribution in [-0.4, -0.2) is 19.0 Å². The maximum absolute atomic E-state index is 12.3. The molecule has 1 aromatic heterocycles. The van der Waals surface area contributed by atoms with E-state index in [4.69, 9.17) is 0 Å². The minimum absolute atomic E-state index is 0.0744. The first-order chi connectivity index (χ1) is 10.1. The maximum atomic E-state index is 12.3. The average molecular weight is 301 g/mol. The van der Waals surface area contributed by atoms with Gasteiger partial charge in [0, 0.05) is 23.5 Å². The third kappa shape index (κ3) is 2.61. The van der Waals surface area contributed by atoms with E-state index < -0.39 is 0 Å². The van der Waals surface area contributed by atoms with Crippen LogP contribution in [0.25, 0.3) is 0 Å². The summed E-state index contributed by atoms with van der Waals surface area (Å²) in [6.07, 6.45) is 3.10. The van der Waals surface area contributed by atoms with Gasteiger partial charge >= 0.3 is 0 Å². The Morgan fingerprint density at radius 3 is 2.86 bits per heavy atom. The minimum Gasteiger partial charge on any atom is -0.313 e. The van der Waals surface area contributed by atoms with Crippen LogP contribution in [0.1, 0.15) is 36.3 Å². The lowest BCUT2D eigenvalue weighted by molar-refractivity contribution is -0.112. The zero-order chi connectivity index (χ0) is 15.0. The number of carbonyl (C=O) groups is 1. The molecule has 1 amide bonds. The summed E-state index contributed by atoms with van der Waals surface area (Å²) >= 11 is 1.58. The van der Waals surface area contributed by atoms with E-state index in [1.165, 1.54) is 4.88 Å². The molecule has 21 heavy (non-hydrogen) atoms. The summed E-state index contributed by atoms with van der Waals surface area (Å²) in [6, 6.07) is 2.29. The van der Waals surface area contributed by atoms with Crippen LogP contribution in [0.4, 0.5) is 5.00 Å². The molecular formula is C16H19N3OS. The van der Waals surface area contributed by atoms with Gasteiger partial charge in [-0.25, -0.2) is 0 Å². The van der Waals surface area contributed by atoms with Gasteiger partial charge in [-0.15, -0.1) is 11.3 Å². The van der Waals surface area contributed by atoms with Crippen molar-refractivity contribution in [2.45, 2.75) is 33.1 Å². The number of nitriles is 1. The molecule has 2 heterocycles. The largest absolute Gasteiger partial charge is 0.313 e. The predicted octanol–water partition coefficient (Wildman–Crippen LogP) is 2.60. The Morgan fingerprint density at radius 2 is 2.24 bits per heavy atom. The molecule has 1 saturated heterocycles. The van der Waals surface area contributed by atoms with Crippen LogP contribution in [0.2, 0.25) is 0 Å². The van der Waals surface area contributed by atoms with Crippen molar-refractivity contribution >= 4 is 22.2 Å². The number of amides is 1. The van der Waals surface area contributed by atoms with Crippen molar-refractivity contribution in [2.24, 2.45) is 5.92 Å². The molecule has 0 spiro atoms. The maximum Gasteiger partial charge on any atom is 0.251 e. The molecule has 0 bridgehead atoms. The van der Waals surface area contributed by atoms with E-state index in [0.717, 1.165) is 54.1 Å². The fourth-order valence-corrected chi connectivity index (χ4v) is 4.19. The third-order valence-corrected chi connectivity index (χ3v) is 5.57. The number of hydrogen-bond acceptors (Lipinski definition) is 4. The van der Waals surface area contributed by atoms with Gasteiger partial charge in [0.05, 0.1) is 5.56 Å². The van der Waals surface area contributed by atoms with E-state index in [1.807, 2.05) is 6.92 Å². The number of anilines is 1. The van der Waals surface area contributed by atoms with Gasteiger partial charge in [0.15, 0.2) is 0 Å². The highest BCUT2D eigenvalue weighted by molar-refractivity contribution is 7.16. The molecule has 1 atom stereocenters. The van der Waals surface area contributed by atoms with Gasteiger partial charge in [0.1, 0.15) is 11.1 Å². The van der Waals surface area contributed by atoms with Crippen LogP contribution in [0.5, 0.6) is 0 Å². The first-order valence-corrected chi connectivity index (χ1v) is 8.17. The van der Waals surface area contributed by atoms with Gasteiger partial charge in [-0.05, 0) is 43.2 Å². The standard InChI is InChI=1S/C16H19N3OS/c1-9-3-4-12-13(6-17)16(21-14(12)5-9)19-15(20)10(2)11-7-18-8-11/h9,18H,3-5,7-8H2,1-2H3,(H,19,20). The van der Waals surface area contributed by atoms with Crippen LogP contribution >= 0.6 is 11.3 Å². The molecule has 1 aliphatic carbocycles. The van der Waals surface area contributed by atoms with Crippen molar-refractivity contribution < 1.29 is 4.79 Å². The van der Waals surface area contributed by atoms with Gasteiger partial charge in [-0.3, -0.25) is 4.79 Å². The lowest BCUT2D eigenvalue weighted by atomic mass is 9.88. The topological polar surface area (TPSA) is 64.9 Å². The molecule has 0 aromatic carbocycles. The van der Waals surface area contributed by atoms with Crippen LogP contribution in [-0.2, 0) is 17.6 Å². The Morgan fingerprint density at radius 1 is 1.48 bits per heavy atom. The highest BCUT2D eigenvalue weighted by Crippen LogP contribution is 2.39. The minimum atomic E-state index is -0.0744. The normalized spacial score (nSPS) is 20.2. The first-order valence-electron chi connectivity index (χ1n) is 7.35. The Kier molecular flexibility index (Phi) is 3.83. The first kappa shape index (κ1) is 14.3. The van der Waals surface area contributed by atoms with Gasteiger partial charge in [-0.2, -0.15) is 5.26 Å². The van der Waals surface area contributed by atoms with Crippen molar-refractivity contribution in [3.8, 4) is 6.07 Å². The molecule has 2 N–H and O–H groups in total. The molecule has 5 heteroatoms. The van der Waals surface area contributed by atoms with Gasteiger partial charge in [-0.1, -0.05) is 6.92 Å². The Hall–Kier alpha value is -1.64. The van der Waals surface area contributed by atoms with Crippen molar-refractivity contribution in [1.82, 2.24) is 5.32 Å². The lowest BCUT2D eigenvalue weighted by Crippen LogP contribution is -2.36. The predicted molar refractivity (Wildman–Crippen MR) is 84.4 cm³/mol. The highest BCUT2D eigenvalue weighted by Gasteiger charge is 2.25. The van der Waals surface area contributed by atoms with Crippen LogP contribution < -0.4 is 10.6 Å². The van der Waals surface area contributed by atoms with Crippen molar-refractivity contribution in [1.29, 1.82) is 5.26 Å². The van der Waals surface area contributed by atoms with Gasteiger partial charge in [0.25, 0.3) is 5.91 Å². The number of fused-ring (bicyclic) bond motifs is 1. The second kappa shape index (κ2) is 5.63. The summed E-state index contributed by atoms with van der Waals surface area (Å²) in [5.74, 6) is 0.589. The molecule has 110 valence electrons. The zero-order valence-corrected chi connectivity index (χ0v) is 13.2. The smallest absolute Gasteiger partial charge is 0.251 e. The van der Waals surface area contributed by atoms with Gasteiger partial charge < -0.3 is 10.6 Å². The Bertz CT molecular complexity index is 660. The SMILES string of the molecule is CC(C(=O)Nc1sc2c(c1C#N)CCC(C)C2)=C1CNC1. The van der Waals surface area contributed by atoms with E-state index in [2.05, 4.69) is 23.6 Å².